The average molecular weight is 791 g/mol. The van der Waals surface area contributed by atoms with Crippen molar-refractivity contribution in [2.45, 2.75) is 0 Å². The van der Waals surface area contributed by atoms with Crippen LogP contribution in [0, 0.1) is 0 Å². The number of fused-ring (bicyclic) bond motifs is 3. The van der Waals surface area contributed by atoms with Crippen molar-refractivity contribution in [2.24, 2.45) is 0 Å². The number of benzene rings is 10. The Bertz CT molecular complexity index is 3330. The van der Waals surface area contributed by atoms with Crippen LogP contribution in [0.3, 0.4) is 0 Å². The fraction of sp³-hybridized carbons (Fsp3) is 0. The van der Waals surface area contributed by atoms with Gasteiger partial charge in [-0.2, -0.15) is 0 Å². The van der Waals surface area contributed by atoms with Crippen LogP contribution in [0.2, 0.25) is 0 Å². The molecule has 0 bridgehead atoms. The van der Waals surface area contributed by atoms with Gasteiger partial charge in [0.05, 0.1) is 11.0 Å². The molecule has 0 N–H and O–H groups in total. The van der Waals surface area contributed by atoms with Crippen molar-refractivity contribution in [1.82, 2.24) is 4.57 Å². The number of anilines is 3. The monoisotopic (exact) mass is 790 g/mol. The largest absolute Gasteiger partial charge is 0.310 e. The summed E-state index contributed by atoms with van der Waals surface area (Å²) in [7, 11) is 0. The first-order chi connectivity index (χ1) is 30.8. The lowest BCUT2D eigenvalue weighted by Gasteiger charge is -2.27. The topological polar surface area (TPSA) is 8.17 Å². The van der Waals surface area contributed by atoms with E-state index in [9.17, 15) is 0 Å². The molecule has 0 radical (unpaired) electrons. The predicted octanol–water partition coefficient (Wildman–Crippen LogP) is 16.6. The minimum atomic E-state index is 1.08. The molecule has 11 aromatic rings. The minimum Gasteiger partial charge on any atom is -0.310 e. The van der Waals surface area contributed by atoms with Crippen molar-refractivity contribution in [1.29, 1.82) is 0 Å². The molecule has 1 aromatic heterocycles. The van der Waals surface area contributed by atoms with Gasteiger partial charge in [0.15, 0.2) is 0 Å². The molecule has 11 rings (SSSR count). The normalized spacial score (nSPS) is 11.2. The number of hydrogen-bond acceptors (Lipinski definition) is 1. The van der Waals surface area contributed by atoms with Gasteiger partial charge in [-0.25, -0.2) is 0 Å². The first kappa shape index (κ1) is 36.8. The van der Waals surface area contributed by atoms with Gasteiger partial charge < -0.3 is 9.47 Å². The zero-order chi connectivity index (χ0) is 41.2. The van der Waals surface area contributed by atoms with E-state index in [-0.39, 0.29) is 0 Å². The van der Waals surface area contributed by atoms with Crippen LogP contribution in [0.25, 0.3) is 83.1 Å². The molecule has 62 heavy (non-hydrogen) atoms. The molecule has 0 saturated heterocycles. The van der Waals surface area contributed by atoms with Crippen molar-refractivity contribution in [3.63, 3.8) is 0 Å². The van der Waals surface area contributed by atoms with Gasteiger partial charge in [-0.3, -0.25) is 0 Å². The first-order valence-corrected chi connectivity index (χ1v) is 21.3. The smallest absolute Gasteiger partial charge is 0.0561 e. The fourth-order valence-electron chi connectivity index (χ4n) is 9.17. The van der Waals surface area contributed by atoms with Gasteiger partial charge >= 0.3 is 0 Å². The Morgan fingerprint density at radius 3 is 1.35 bits per heavy atom. The Morgan fingerprint density at radius 1 is 0.242 bits per heavy atom. The number of para-hydroxylation sites is 2. The molecule has 0 spiro atoms. The van der Waals surface area contributed by atoms with Crippen LogP contribution in [0.5, 0.6) is 0 Å². The summed E-state index contributed by atoms with van der Waals surface area (Å²) >= 11 is 0. The van der Waals surface area contributed by atoms with Gasteiger partial charge in [-0.15, -0.1) is 0 Å². The van der Waals surface area contributed by atoms with Crippen molar-refractivity contribution < 1.29 is 0 Å². The van der Waals surface area contributed by atoms with Crippen LogP contribution in [0.4, 0.5) is 17.1 Å². The molecule has 0 aliphatic carbocycles. The standard InChI is InChI=1S/C60H42N2/c1-5-20-43(21-6-1)51-30-13-14-32-53(51)46-26-19-29-48(40-46)62-59-35-18-17-34-56(59)57-39-37-50(42-60(57)62)61(47-27-11-4-12-28-47)49-36-38-55(58(41-49)45-24-9-3-10-25-45)54-33-16-15-31-52(54)44-22-7-2-8-23-44/h1-42H. The zero-order valence-electron chi connectivity index (χ0n) is 34.1. The van der Waals surface area contributed by atoms with Crippen molar-refractivity contribution in [3.8, 4) is 61.3 Å². The summed E-state index contributed by atoms with van der Waals surface area (Å²) in [5.74, 6) is 0. The highest BCUT2D eigenvalue weighted by Gasteiger charge is 2.21. The highest BCUT2D eigenvalue weighted by molar-refractivity contribution is 6.10. The van der Waals surface area contributed by atoms with E-state index < -0.39 is 0 Å². The Hall–Kier alpha value is -8.20. The molecule has 0 aliphatic heterocycles. The Morgan fingerprint density at radius 2 is 0.694 bits per heavy atom. The molecule has 0 fully saturated rings. The molecule has 0 unspecified atom stereocenters. The summed E-state index contributed by atoms with van der Waals surface area (Å²) in [6, 6.07) is 92.1. The van der Waals surface area contributed by atoms with Crippen LogP contribution in [-0.2, 0) is 0 Å². The summed E-state index contributed by atoms with van der Waals surface area (Å²) in [5.41, 5.74) is 18.7. The van der Waals surface area contributed by atoms with E-state index in [0.29, 0.717) is 0 Å². The molecular formula is C60H42N2. The SMILES string of the molecule is c1ccc(-c2ccccc2-c2cccc(-n3c4ccccc4c4ccc(N(c5ccccc5)c5ccc(-c6ccccc6-c6ccccc6)c(-c6ccccc6)c5)cc43)c2)cc1. The van der Waals surface area contributed by atoms with Gasteiger partial charge in [0, 0.05) is 33.5 Å². The molecule has 10 aromatic carbocycles. The number of nitrogens with zero attached hydrogens (tertiary/aromatic N) is 2. The molecule has 292 valence electrons. The van der Waals surface area contributed by atoms with E-state index in [1.165, 1.54) is 71.9 Å². The third-order valence-electron chi connectivity index (χ3n) is 12.0. The van der Waals surface area contributed by atoms with Crippen LogP contribution < -0.4 is 4.90 Å². The van der Waals surface area contributed by atoms with E-state index in [2.05, 4.69) is 264 Å². The second kappa shape index (κ2) is 16.1. The van der Waals surface area contributed by atoms with Crippen LogP contribution in [-0.4, -0.2) is 4.57 Å². The Balaban J connectivity index is 1.10. The maximum absolute atomic E-state index is 2.44. The minimum absolute atomic E-state index is 1.08. The highest BCUT2D eigenvalue weighted by atomic mass is 15.1. The van der Waals surface area contributed by atoms with Gasteiger partial charge in [-0.05, 0) is 110 Å². The van der Waals surface area contributed by atoms with Gasteiger partial charge in [0.2, 0.25) is 0 Å². The van der Waals surface area contributed by atoms with E-state index in [4.69, 9.17) is 0 Å². The first-order valence-electron chi connectivity index (χ1n) is 21.3. The zero-order valence-corrected chi connectivity index (χ0v) is 34.1. The third-order valence-corrected chi connectivity index (χ3v) is 12.0. The lowest BCUT2D eigenvalue weighted by molar-refractivity contribution is 1.18. The second-order valence-corrected chi connectivity index (χ2v) is 15.7. The predicted molar refractivity (Wildman–Crippen MR) is 263 cm³/mol. The Labute approximate surface area is 362 Å². The van der Waals surface area contributed by atoms with E-state index in [1.807, 2.05) is 0 Å². The fourth-order valence-corrected chi connectivity index (χ4v) is 9.17. The molecule has 0 atom stereocenters. The van der Waals surface area contributed by atoms with Crippen LogP contribution in [0.15, 0.2) is 255 Å². The van der Waals surface area contributed by atoms with E-state index in [0.717, 1.165) is 28.3 Å². The van der Waals surface area contributed by atoms with Crippen molar-refractivity contribution in [3.05, 3.63) is 255 Å². The van der Waals surface area contributed by atoms with Gasteiger partial charge in [-0.1, -0.05) is 200 Å². The quantitative estimate of drug-likeness (QED) is 0.141. The highest BCUT2D eigenvalue weighted by Crippen LogP contribution is 2.45. The molecule has 1 heterocycles. The summed E-state index contributed by atoms with van der Waals surface area (Å²) in [5, 5.41) is 2.44. The Kier molecular flexibility index (Phi) is 9.57. The summed E-state index contributed by atoms with van der Waals surface area (Å²) in [6.07, 6.45) is 0. The molecule has 0 saturated carbocycles. The number of hydrogen-bond donors (Lipinski definition) is 0. The molecular weight excluding hydrogens is 749 g/mol. The molecule has 2 heteroatoms. The molecule has 0 amide bonds. The lowest BCUT2D eigenvalue weighted by Crippen LogP contribution is -2.10. The lowest BCUT2D eigenvalue weighted by atomic mass is 9.89. The van der Waals surface area contributed by atoms with Crippen LogP contribution in [0.1, 0.15) is 0 Å². The average Bonchev–Trinajstić information content (AvgIpc) is 3.69. The molecule has 2 nitrogen and oxygen atoms in total. The van der Waals surface area contributed by atoms with Crippen molar-refractivity contribution in [2.75, 3.05) is 4.90 Å². The van der Waals surface area contributed by atoms with E-state index in [1.54, 1.807) is 0 Å². The number of aromatic nitrogens is 1. The van der Waals surface area contributed by atoms with Crippen molar-refractivity contribution >= 4 is 38.9 Å². The summed E-state index contributed by atoms with van der Waals surface area (Å²) < 4.78 is 2.44. The maximum Gasteiger partial charge on any atom is 0.0561 e. The number of rotatable bonds is 9. The molecule has 0 aliphatic rings. The maximum atomic E-state index is 2.44. The summed E-state index contributed by atoms with van der Waals surface area (Å²) in [6.45, 7) is 0. The second-order valence-electron chi connectivity index (χ2n) is 15.7. The van der Waals surface area contributed by atoms with Gasteiger partial charge in [0.1, 0.15) is 0 Å². The third kappa shape index (κ3) is 6.74. The van der Waals surface area contributed by atoms with E-state index >= 15 is 0 Å². The summed E-state index contributed by atoms with van der Waals surface area (Å²) in [4.78, 5) is 2.40. The van der Waals surface area contributed by atoms with Gasteiger partial charge in [0.25, 0.3) is 0 Å². The van der Waals surface area contributed by atoms with Crippen LogP contribution >= 0.6 is 0 Å².